The van der Waals surface area contributed by atoms with E-state index in [2.05, 4.69) is 32.2 Å². The molecular weight excluding hydrogens is 352 g/mol. The summed E-state index contributed by atoms with van der Waals surface area (Å²) in [7, 11) is 0. The van der Waals surface area contributed by atoms with Crippen molar-refractivity contribution in [3.05, 3.63) is 47.5 Å². The van der Waals surface area contributed by atoms with Crippen LogP contribution in [-0.2, 0) is 0 Å². The molecule has 0 spiro atoms. The van der Waals surface area contributed by atoms with Crippen molar-refractivity contribution >= 4 is 34.5 Å². The molecule has 7 nitrogen and oxygen atoms in total. The Labute approximate surface area is 155 Å². The number of pyridine rings is 1. The Kier molecular flexibility index (Phi) is 4.24. The lowest BCUT2D eigenvalue weighted by molar-refractivity contribution is 0.0779. The number of carbonyl (C=O) groups is 1. The van der Waals surface area contributed by atoms with E-state index in [1.807, 2.05) is 17.0 Å². The van der Waals surface area contributed by atoms with Crippen LogP contribution in [0.5, 0.6) is 0 Å². The maximum Gasteiger partial charge on any atom is 0.257 e. The van der Waals surface area contributed by atoms with E-state index in [0.29, 0.717) is 29.6 Å². The minimum Gasteiger partial charge on any atom is -0.359 e. The standard InChI is InChI=1S/C18H19ClN6O/c1-18(10-24-17-22-7-12(19)8-23-17)4-6-25(11-18)16(26)13-9-21-14-3-2-5-20-15(13)14/h2-3,5,7-9,21H,4,6,10-11H2,1H3,(H,22,23,24). The van der Waals surface area contributed by atoms with Crippen LogP contribution >= 0.6 is 11.6 Å². The van der Waals surface area contributed by atoms with Gasteiger partial charge in [0.2, 0.25) is 5.95 Å². The highest BCUT2D eigenvalue weighted by molar-refractivity contribution is 6.30. The number of halogens is 1. The Bertz CT molecular complexity index is 940. The molecular formula is C18H19ClN6O. The number of hydrogen-bond donors (Lipinski definition) is 2. The third-order valence-electron chi connectivity index (χ3n) is 4.80. The summed E-state index contributed by atoms with van der Waals surface area (Å²) in [5, 5.41) is 3.75. The summed E-state index contributed by atoms with van der Waals surface area (Å²) in [5.41, 5.74) is 2.18. The molecule has 2 N–H and O–H groups in total. The normalized spacial score (nSPS) is 19.8. The van der Waals surface area contributed by atoms with Crippen LogP contribution in [0.2, 0.25) is 5.02 Å². The Balaban J connectivity index is 1.43. The van der Waals surface area contributed by atoms with Crippen LogP contribution in [0.4, 0.5) is 5.95 Å². The van der Waals surface area contributed by atoms with Gasteiger partial charge in [0.1, 0.15) is 5.52 Å². The summed E-state index contributed by atoms with van der Waals surface area (Å²) in [6, 6.07) is 3.77. The maximum atomic E-state index is 12.9. The monoisotopic (exact) mass is 370 g/mol. The average molecular weight is 371 g/mol. The molecule has 0 aromatic carbocycles. The zero-order valence-electron chi connectivity index (χ0n) is 14.4. The van der Waals surface area contributed by atoms with Crippen LogP contribution in [0.1, 0.15) is 23.7 Å². The molecule has 1 amide bonds. The Morgan fingerprint density at radius 3 is 3.00 bits per heavy atom. The lowest BCUT2D eigenvalue weighted by Gasteiger charge is -2.24. The van der Waals surface area contributed by atoms with Crippen molar-refractivity contribution in [3.8, 4) is 0 Å². The zero-order chi connectivity index (χ0) is 18.1. The number of carbonyl (C=O) groups excluding carboxylic acids is 1. The van der Waals surface area contributed by atoms with Gasteiger partial charge in [0.25, 0.3) is 5.91 Å². The first-order valence-electron chi connectivity index (χ1n) is 8.47. The third-order valence-corrected chi connectivity index (χ3v) is 5.00. The fourth-order valence-corrected chi connectivity index (χ4v) is 3.42. The van der Waals surface area contributed by atoms with E-state index in [9.17, 15) is 4.79 Å². The summed E-state index contributed by atoms with van der Waals surface area (Å²) in [5.74, 6) is 0.558. The van der Waals surface area contributed by atoms with Crippen molar-refractivity contribution in [1.82, 2.24) is 24.8 Å². The van der Waals surface area contributed by atoms with Gasteiger partial charge in [-0.05, 0) is 18.6 Å². The smallest absolute Gasteiger partial charge is 0.257 e. The van der Waals surface area contributed by atoms with Crippen molar-refractivity contribution in [1.29, 1.82) is 0 Å². The fourth-order valence-electron chi connectivity index (χ4n) is 3.33. The first-order chi connectivity index (χ1) is 12.5. The fraction of sp³-hybridized carbons (Fsp3) is 0.333. The number of aromatic amines is 1. The van der Waals surface area contributed by atoms with Crippen LogP contribution in [0.15, 0.2) is 36.9 Å². The molecule has 1 aliphatic heterocycles. The SMILES string of the molecule is CC1(CNc2ncc(Cl)cn2)CCN(C(=O)c2c[nH]c3cccnc23)C1. The van der Waals surface area contributed by atoms with Crippen molar-refractivity contribution in [3.63, 3.8) is 0 Å². The van der Waals surface area contributed by atoms with Crippen LogP contribution in [0.25, 0.3) is 11.0 Å². The second-order valence-electron chi connectivity index (χ2n) is 6.97. The van der Waals surface area contributed by atoms with Gasteiger partial charge in [0.05, 0.1) is 28.5 Å². The van der Waals surface area contributed by atoms with Gasteiger partial charge >= 0.3 is 0 Å². The van der Waals surface area contributed by atoms with Crippen molar-refractivity contribution in [2.75, 3.05) is 25.0 Å². The molecule has 3 aromatic heterocycles. The molecule has 134 valence electrons. The van der Waals surface area contributed by atoms with Gasteiger partial charge in [-0.3, -0.25) is 9.78 Å². The third kappa shape index (κ3) is 3.22. The highest BCUT2D eigenvalue weighted by atomic mass is 35.5. The van der Waals surface area contributed by atoms with Crippen molar-refractivity contribution in [2.24, 2.45) is 5.41 Å². The molecule has 0 radical (unpaired) electrons. The first kappa shape index (κ1) is 16.8. The molecule has 26 heavy (non-hydrogen) atoms. The predicted octanol–water partition coefficient (Wildman–Crippen LogP) is 2.97. The first-order valence-corrected chi connectivity index (χ1v) is 8.85. The number of amides is 1. The highest BCUT2D eigenvalue weighted by Gasteiger charge is 2.37. The largest absolute Gasteiger partial charge is 0.359 e. The Morgan fingerprint density at radius 2 is 2.19 bits per heavy atom. The summed E-state index contributed by atoms with van der Waals surface area (Å²) < 4.78 is 0. The molecule has 1 atom stereocenters. The van der Waals surface area contributed by atoms with Crippen LogP contribution in [0.3, 0.4) is 0 Å². The topological polar surface area (TPSA) is 86.8 Å². The van der Waals surface area contributed by atoms with Gasteiger partial charge in [-0.15, -0.1) is 0 Å². The molecule has 0 aliphatic carbocycles. The van der Waals surface area contributed by atoms with E-state index in [1.165, 1.54) is 0 Å². The number of hydrogen-bond acceptors (Lipinski definition) is 5. The molecule has 0 saturated carbocycles. The average Bonchev–Trinajstić information content (AvgIpc) is 3.25. The van der Waals surface area contributed by atoms with Gasteiger partial charge in [0, 0.05) is 37.4 Å². The highest BCUT2D eigenvalue weighted by Crippen LogP contribution is 2.31. The lowest BCUT2D eigenvalue weighted by Crippen LogP contribution is -2.34. The van der Waals surface area contributed by atoms with E-state index in [1.54, 1.807) is 24.8 Å². The number of aromatic nitrogens is 4. The second kappa shape index (κ2) is 6.57. The van der Waals surface area contributed by atoms with Gasteiger partial charge in [-0.1, -0.05) is 18.5 Å². The summed E-state index contributed by atoms with van der Waals surface area (Å²) in [6.07, 6.45) is 7.49. The van der Waals surface area contributed by atoms with Crippen molar-refractivity contribution in [2.45, 2.75) is 13.3 Å². The number of H-pyrrole nitrogens is 1. The molecule has 1 aliphatic rings. The van der Waals surface area contributed by atoms with E-state index in [4.69, 9.17) is 11.6 Å². The Morgan fingerprint density at radius 1 is 1.38 bits per heavy atom. The maximum absolute atomic E-state index is 12.9. The molecule has 1 fully saturated rings. The minimum absolute atomic E-state index is 0.0152. The molecule has 8 heteroatoms. The van der Waals surface area contributed by atoms with Gasteiger partial charge in [-0.2, -0.15) is 0 Å². The number of nitrogens with zero attached hydrogens (tertiary/aromatic N) is 4. The van der Waals surface area contributed by atoms with E-state index in [0.717, 1.165) is 24.0 Å². The minimum atomic E-state index is -0.0435. The molecule has 0 bridgehead atoms. The van der Waals surface area contributed by atoms with Crippen molar-refractivity contribution < 1.29 is 4.79 Å². The zero-order valence-corrected chi connectivity index (χ0v) is 15.1. The Hall–Kier alpha value is -2.67. The van der Waals surface area contributed by atoms with Crippen LogP contribution in [-0.4, -0.2) is 50.4 Å². The summed E-state index contributed by atoms with van der Waals surface area (Å²) in [6.45, 7) is 4.24. The van der Waals surface area contributed by atoms with Crippen LogP contribution in [0, 0.1) is 5.41 Å². The molecule has 4 heterocycles. The second-order valence-corrected chi connectivity index (χ2v) is 7.40. The van der Waals surface area contributed by atoms with Gasteiger partial charge in [-0.25, -0.2) is 9.97 Å². The number of fused-ring (bicyclic) bond motifs is 1. The molecule has 1 saturated heterocycles. The van der Waals surface area contributed by atoms with E-state index >= 15 is 0 Å². The van der Waals surface area contributed by atoms with Crippen LogP contribution < -0.4 is 5.32 Å². The summed E-state index contributed by atoms with van der Waals surface area (Å²) >= 11 is 5.81. The van der Waals surface area contributed by atoms with Gasteiger partial charge < -0.3 is 15.2 Å². The van der Waals surface area contributed by atoms with E-state index < -0.39 is 0 Å². The number of rotatable bonds is 4. The molecule has 1 unspecified atom stereocenters. The molecule has 3 aromatic rings. The number of likely N-dealkylation sites (tertiary alicyclic amines) is 1. The number of nitrogens with one attached hydrogen (secondary N) is 2. The van der Waals surface area contributed by atoms with Gasteiger partial charge in [0.15, 0.2) is 0 Å². The van der Waals surface area contributed by atoms with E-state index in [-0.39, 0.29) is 11.3 Å². The number of anilines is 1. The lowest BCUT2D eigenvalue weighted by atomic mass is 9.90. The summed E-state index contributed by atoms with van der Waals surface area (Å²) in [4.78, 5) is 30.6. The predicted molar refractivity (Wildman–Crippen MR) is 100 cm³/mol. The quantitative estimate of drug-likeness (QED) is 0.737. The molecule has 4 rings (SSSR count).